The Bertz CT molecular complexity index is 748. The van der Waals surface area contributed by atoms with Crippen LogP contribution in [0, 0.1) is 24.4 Å². The molecular formula is C18H19ClF3NO2. The maximum absolute atomic E-state index is 14.4. The first-order valence-corrected chi connectivity index (χ1v) is 7.50. The summed E-state index contributed by atoms with van der Waals surface area (Å²) in [6.45, 7) is 3.31. The third-order valence-corrected chi connectivity index (χ3v) is 3.63. The first-order chi connectivity index (χ1) is 11.3. The van der Waals surface area contributed by atoms with Crippen molar-refractivity contribution < 1.29 is 22.7 Å². The maximum atomic E-state index is 14.4. The molecule has 0 saturated carbocycles. The molecule has 0 amide bonds. The molecule has 136 valence electrons. The minimum Gasteiger partial charge on any atom is -0.466 e. The highest BCUT2D eigenvalue weighted by molar-refractivity contribution is 5.85. The minimum atomic E-state index is -0.975. The molecule has 0 radical (unpaired) electrons. The summed E-state index contributed by atoms with van der Waals surface area (Å²) >= 11 is 0. The van der Waals surface area contributed by atoms with Gasteiger partial charge < -0.3 is 10.5 Å². The number of carbonyl (C=O) groups excluding carboxylic acids is 1. The van der Waals surface area contributed by atoms with E-state index in [1.54, 1.807) is 6.92 Å². The van der Waals surface area contributed by atoms with Gasteiger partial charge in [-0.05, 0) is 49.2 Å². The summed E-state index contributed by atoms with van der Waals surface area (Å²) in [5.41, 5.74) is 6.00. The predicted octanol–water partition coefficient (Wildman–Crippen LogP) is 4.45. The molecule has 2 aromatic rings. The topological polar surface area (TPSA) is 52.3 Å². The Hall–Kier alpha value is -2.05. The third-order valence-electron chi connectivity index (χ3n) is 3.63. The molecule has 2 N–H and O–H groups in total. The zero-order valence-electron chi connectivity index (χ0n) is 13.8. The quantitative estimate of drug-likeness (QED) is 0.787. The second-order valence-electron chi connectivity index (χ2n) is 5.41. The van der Waals surface area contributed by atoms with Crippen LogP contribution in [0.2, 0.25) is 0 Å². The highest BCUT2D eigenvalue weighted by Gasteiger charge is 2.21. The molecule has 0 aliphatic rings. The van der Waals surface area contributed by atoms with Crippen molar-refractivity contribution in [1.82, 2.24) is 0 Å². The van der Waals surface area contributed by atoms with Crippen LogP contribution in [0.5, 0.6) is 0 Å². The van der Waals surface area contributed by atoms with E-state index in [-0.39, 0.29) is 47.7 Å². The molecule has 1 atom stereocenters. The standard InChI is InChI=1S/C18H18F3NO2.ClH/c1-3-24-16(23)9-15(22)12-8-11(7-10(2)18(12)21)17-13(19)5-4-6-14(17)20;/h4-8,15H,3,9,22H2,1-2H3;1H/t15-;/m0./s1. The van der Waals surface area contributed by atoms with E-state index in [4.69, 9.17) is 10.5 Å². The van der Waals surface area contributed by atoms with Gasteiger partial charge in [-0.15, -0.1) is 12.4 Å². The van der Waals surface area contributed by atoms with E-state index in [0.717, 1.165) is 12.1 Å². The van der Waals surface area contributed by atoms with Gasteiger partial charge in [0.2, 0.25) is 0 Å². The molecule has 0 aromatic heterocycles. The SMILES string of the molecule is CCOC(=O)C[C@H](N)c1cc(-c2c(F)cccc2F)cc(C)c1F.Cl. The summed E-state index contributed by atoms with van der Waals surface area (Å²) in [6, 6.07) is 5.13. The lowest BCUT2D eigenvalue weighted by atomic mass is 9.94. The van der Waals surface area contributed by atoms with Gasteiger partial charge in [-0.3, -0.25) is 4.79 Å². The van der Waals surface area contributed by atoms with E-state index in [9.17, 15) is 18.0 Å². The summed E-state index contributed by atoms with van der Waals surface area (Å²) in [7, 11) is 0. The number of hydrogen-bond acceptors (Lipinski definition) is 3. The first kappa shape index (κ1) is 21.0. The molecule has 0 aliphatic carbocycles. The van der Waals surface area contributed by atoms with E-state index in [2.05, 4.69) is 0 Å². The second-order valence-corrected chi connectivity index (χ2v) is 5.41. The Kier molecular flexibility index (Phi) is 7.45. The fourth-order valence-corrected chi connectivity index (χ4v) is 2.49. The van der Waals surface area contributed by atoms with Gasteiger partial charge in [-0.2, -0.15) is 0 Å². The van der Waals surface area contributed by atoms with E-state index in [1.165, 1.54) is 25.1 Å². The predicted molar refractivity (Wildman–Crippen MR) is 91.9 cm³/mol. The fourth-order valence-electron chi connectivity index (χ4n) is 2.49. The molecule has 0 bridgehead atoms. The third kappa shape index (κ3) is 4.74. The minimum absolute atomic E-state index is 0. The van der Waals surface area contributed by atoms with Crippen molar-refractivity contribution in [3.63, 3.8) is 0 Å². The van der Waals surface area contributed by atoms with Gasteiger partial charge >= 0.3 is 5.97 Å². The van der Waals surface area contributed by atoms with Crippen LogP contribution in [-0.4, -0.2) is 12.6 Å². The van der Waals surface area contributed by atoms with E-state index in [1.807, 2.05) is 0 Å². The summed E-state index contributed by atoms with van der Waals surface area (Å²) in [4.78, 5) is 11.5. The summed E-state index contributed by atoms with van der Waals surface area (Å²) in [6.07, 6.45) is -0.229. The van der Waals surface area contributed by atoms with E-state index >= 15 is 0 Å². The highest BCUT2D eigenvalue weighted by atomic mass is 35.5. The Labute approximate surface area is 150 Å². The molecule has 0 fully saturated rings. The number of carbonyl (C=O) groups is 1. The smallest absolute Gasteiger partial charge is 0.307 e. The number of esters is 1. The summed E-state index contributed by atoms with van der Waals surface area (Å²) in [5.74, 6) is -2.69. The van der Waals surface area contributed by atoms with Gasteiger partial charge in [0.1, 0.15) is 17.5 Å². The monoisotopic (exact) mass is 373 g/mol. The Balaban J connectivity index is 0.00000312. The zero-order valence-corrected chi connectivity index (χ0v) is 14.6. The Morgan fingerprint density at radius 2 is 1.80 bits per heavy atom. The molecule has 2 rings (SSSR count). The lowest BCUT2D eigenvalue weighted by Gasteiger charge is -2.16. The summed E-state index contributed by atoms with van der Waals surface area (Å²) < 4.78 is 47.1. The lowest BCUT2D eigenvalue weighted by molar-refractivity contribution is -0.143. The van der Waals surface area contributed by atoms with Crippen molar-refractivity contribution in [2.45, 2.75) is 26.3 Å². The van der Waals surface area contributed by atoms with Crippen LogP contribution in [0.3, 0.4) is 0 Å². The van der Waals surface area contributed by atoms with Gasteiger partial charge in [0.25, 0.3) is 0 Å². The van der Waals surface area contributed by atoms with Crippen molar-refractivity contribution in [2.24, 2.45) is 5.73 Å². The van der Waals surface area contributed by atoms with Crippen molar-refractivity contribution in [1.29, 1.82) is 0 Å². The molecule has 0 unspecified atom stereocenters. The molecule has 25 heavy (non-hydrogen) atoms. The number of halogens is 4. The maximum Gasteiger partial charge on any atom is 0.307 e. The van der Waals surface area contributed by atoms with Crippen LogP contribution >= 0.6 is 12.4 Å². The van der Waals surface area contributed by atoms with Gasteiger partial charge in [-0.1, -0.05) is 6.07 Å². The van der Waals surface area contributed by atoms with Crippen LogP contribution in [0.4, 0.5) is 13.2 Å². The van der Waals surface area contributed by atoms with Crippen LogP contribution < -0.4 is 5.73 Å². The molecule has 0 aliphatic heterocycles. The van der Waals surface area contributed by atoms with E-state index in [0.29, 0.717) is 0 Å². The van der Waals surface area contributed by atoms with Crippen molar-refractivity contribution >= 4 is 18.4 Å². The van der Waals surface area contributed by atoms with Crippen LogP contribution in [0.25, 0.3) is 11.1 Å². The number of hydrogen-bond donors (Lipinski definition) is 1. The Morgan fingerprint density at radius 1 is 1.20 bits per heavy atom. The van der Waals surface area contributed by atoms with Gasteiger partial charge in [0.15, 0.2) is 0 Å². The number of aryl methyl sites for hydroxylation is 1. The lowest BCUT2D eigenvalue weighted by Crippen LogP contribution is -2.19. The average Bonchev–Trinajstić information content (AvgIpc) is 2.50. The van der Waals surface area contributed by atoms with E-state index < -0.39 is 29.5 Å². The fraction of sp³-hybridized carbons (Fsp3) is 0.278. The number of nitrogens with two attached hydrogens (primary N) is 1. The second kappa shape index (κ2) is 8.87. The number of rotatable bonds is 5. The molecule has 3 nitrogen and oxygen atoms in total. The molecule has 2 aromatic carbocycles. The highest BCUT2D eigenvalue weighted by Crippen LogP contribution is 2.31. The summed E-state index contributed by atoms with van der Waals surface area (Å²) in [5, 5.41) is 0. The van der Waals surface area contributed by atoms with Crippen LogP contribution in [0.1, 0.15) is 30.5 Å². The average molecular weight is 374 g/mol. The van der Waals surface area contributed by atoms with Crippen molar-refractivity contribution in [3.05, 3.63) is 58.9 Å². The molecule has 0 heterocycles. The van der Waals surface area contributed by atoms with Crippen LogP contribution in [0.15, 0.2) is 30.3 Å². The molecule has 0 spiro atoms. The normalized spacial score (nSPS) is 11.6. The molecule has 7 heteroatoms. The largest absolute Gasteiger partial charge is 0.466 e. The van der Waals surface area contributed by atoms with Gasteiger partial charge in [0, 0.05) is 11.6 Å². The van der Waals surface area contributed by atoms with Crippen molar-refractivity contribution in [2.75, 3.05) is 6.61 Å². The Morgan fingerprint density at radius 3 is 2.36 bits per heavy atom. The molecule has 0 saturated heterocycles. The van der Waals surface area contributed by atoms with Gasteiger partial charge in [-0.25, -0.2) is 13.2 Å². The number of benzene rings is 2. The number of ether oxygens (including phenoxy) is 1. The zero-order chi connectivity index (χ0) is 17.9. The van der Waals surface area contributed by atoms with Crippen LogP contribution in [-0.2, 0) is 9.53 Å². The van der Waals surface area contributed by atoms with Gasteiger partial charge in [0.05, 0.1) is 18.6 Å². The first-order valence-electron chi connectivity index (χ1n) is 7.50. The van der Waals surface area contributed by atoms with Crippen molar-refractivity contribution in [3.8, 4) is 11.1 Å². The molecular weight excluding hydrogens is 355 g/mol.